The number of rotatable bonds is 2. The van der Waals surface area contributed by atoms with Gasteiger partial charge in [-0.05, 0) is 38.7 Å². The highest BCUT2D eigenvalue weighted by atomic mass is 16.5. The molecule has 2 fully saturated rings. The third-order valence-electron chi connectivity index (χ3n) is 4.97. The highest BCUT2D eigenvalue weighted by Gasteiger charge is 2.45. The van der Waals surface area contributed by atoms with Crippen LogP contribution in [0.25, 0.3) is 0 Å². The maximum Gasteiger partial charge on any atom is 0.274 e. The standard InChI is InChI=1S/C16H21N5O3/c1-11-17-14(24-19-11)13-3-5-16(23-13)6-9-21(10-7-16)15(22)12-4-8-20(2)18-12/h4,8,13H,3,5-7,9-10H2,1-2H3. The van der Waals surface area contributed by atoms with E-state index in [1.54, 1.807) is 23.9 Å². The van der Waals surface area contributed by atoms with Crippen LogP contribution in [0.2, 0.25) is 0 Å². The number of hydrogen-bond donors (Lipinski definition) is 0. The number of nitrogens with zero attached hydrogens (tertiary/aromatic N) is 5. The maximum atomic E-state index is 12.5. The Morgan fingerprint density at radius 2 is 2.12 bits per heavy atom. The third-order valence-corrected chi connectivity index (χ3v) is 4.97. The van der Waals surface area contributed by atoms with E-state index in [-0.39, 0.29) is 17.6 Å². The predicted molar refractivity (Wildman–Crippen MR) is 83.2 cm³/mol. The molecule has 1 atom stereocenters. The molecule has 4 heterocycles. The van der Waals surface area contributed by atoms with Crippen LogP contribution >= 0.6 is 0 Å². The molecule has 1 amide bonds. The Kier molecular flexibility index (Phi) is 3.64. The van der Waals surface area contributed by atoms with Gasteiger partial charge in [0.15, 0.2) is 5.82 Å². The third kappa shape index (κ3) is 2.71. The molecular weight excluding hydrogens is 310 g/mol. The van der Waals surface area contributed by atoms with Gasteiger partial charge < -0.3 is 14.2 Å². The van der Waals surface area contributed by atoms with Crippen LogP contribution in [-0.4, -0.2) is 49.4 Å². The first kappa shape index (κ1) is 15.3. The normalized spacial score (nSPS) is 23.1. The molecule has 24 heavy (non-hydrogen) atoms. The van der Waals surface area contributed by atoms with Crippen LogP contribution in [0.3, 0.4) is 0 Å². The first-order chi connectivity index (χ1) is 11.5. The van der Waals surface area contributed by atoms with E-state index >= 15 is 0 Å². The Bertz CT molecular complexity index is 744. The van der Waals surface area contributed by atoms with Gasteiger partial charge in [-0.25, -0.2) is 0 Å². The average molecular weight is 331 g/mol. The summed E-state index contributed by atoms with van der Waals surface area (Å²) in [5, 5.41) is 8.03. The summed E-state index contributed by atoms with van der Waals surface area (Å²) in [6, 6.07) is 1.76. The monoisotopic (exact) mass is 331 g/mol. The maximum absolute atomic E-state index is 12.5. The SMILES string of the molecule is Cc1noc(C2CCC3(CCN(C(=O)c4ccn(C)n4)CC3)O2)n1. The van der Waals surface area contributed by atoms with Crippen molar-refractivity contribution in [2.24, 2.45) is 7.05 Å². The lowest BCUT2D eigenvalue weighted by molar-refractivity contribution is -0.0821. The highest BCUT2D eigenvalue weighted by Crippen LogP contribution is 2.44. The molecule has 0 radical (unpaired) electrons. The zero-order valence-corrected chi connectivity index (χ0v) is 13.9. The fraction of sp³-hybridized carbons (Fsp3) is 0.625. The van der Waals surface area contributed by atoms with Gasteiger partial charge in [0.1, 0.15) is 11.8 Å². The molecule has 0 aromatic carbocycles. The summed E-state index contributed by atoms with van der Waals surface area (Å²) in [6.07, 6.45) is 5.17. The first-order valence-corrected chi connectivity index (χ1v) is 8.32. The number of piperidine rings is 1. The Morgan fingerprint density at radius 1 is 1.33 bits per heavy atom. The second-order valence-electron chi connectivity index (χ2n) is 6.67. The van der Waals surface area contributed by atoms with Crippen LogP contribution in [-0.2, 0) is 11.8 Å². The van der Waals surface area contributed by atoms with E-state index in [4.69, 9.17) is 9.26 Å². The lowest BCUT2D eigenvalue weighted by atomic mass is 9.88. The van der Waals surface area contributed by atoms with Crippen molar-refractivity contribution >= 4 is 5.91 Å². The van der Waals surface area contributed by atoms with Gasteiger partial charge in [-0.2, -0.15) is 10.1 Å². The van der Waals surface area contributed by atoms with E-state index in [1.165, 1.54) is 0 Å². The topological polar surface area (TPSA) is 86.3 Å². The van der Waals surface area contributed by atoms with Crippen LogP contribution in [0, 0.1) is 6.92 Å². The summed E-state index contributed by atoms with van der Waals surface area (Å²) in [7, 11) is 1.81. The molecule has 1 spiro atoms. The van der Waals surface area contributed by atoms with Crippen molar-refractivity contribution in [3.63, 3.8) is 0 Å². The Morgan fingerprint density at radius 3 is 2.75 bits per heavy atom. The lowest BCUT2D eigenvalue weighted by Gasteiger charge is -2.38. The van der Waals surface area contributed by atoms with Crippen LogP contribution in [0.4, 0.5) is 0 Å². The number of hydrogen-bond acceptors (Lipinski definition) is 6. The molecule has 0 N–H and O–H groups in total. The number of carbonyl (C=O) groups is 1. The van der Waals surface area contributed by atoms with E-state index < -0.39 is 0 Å². The molecule has 2 saturated heterocycles. The zero-order chi connectivity index (χ0) is 16.7. The van der Waals surface area contributed by atoms with Crippen LogP contribution in [0.5, 0.6) is 0 Å². The average Bonchev–Trinajstić information content (AvgIpc) is 3.28. The molecule has 1 unspecified atom stereocenters. The number of aromatic nitrogens is 4. The van der Waals surface area contributed by atoms with Gasteiger partial charge in [-0.3, -0.25) is 9.48 Å². The van der Waals surface area contributed by atoms with Gasteiger partial charge in [-0.1, -0.05) is 5.16 Å². The molecule has 8 heteroatoms. The van der Waals surface area contributed by atoms with Gasteiger partial charge in [0.05, 0.1) is 5.60 Å². The molecule has 0 saturated carbocycles. The van der Waals surface area contributed by atoms with Gasteiger partial charge in [0.2, 0.25) is 0 Å². The Balaban J connectivity index is 1.38. The minimum absolute atomic E-state index is 0.00692. The zero-order valence-electron chi connectivity index (χ0n) is 13.9. The van der Waals surface area contributed by atoms with Crippen molar-refractivity contribution in [1.29, 1.82) is 0 Å². The summed E-state index contributed by atoms with van der Waals surface area (Å²) in [5.74, 6) is 1.19. The van der Waals surface area contributed by atoms with Gasteiger partial charge in [0.25, 0.3) is 11.8 Å². The molecule has 4 rings (SSSR count). The number of carbonyl (C=O) groups excluding carboxylic acids is 1. The molecule has 0 aliphatic carbocycles. The number of amides is 1. The van der Waals surface area contributed by atoms with Crippen molar-refractivity contribution in [1.82, 2.24) is 24.8 Å². The van der Waals surface area contributed by atoms with Crippen molar-refractivity contribution in [3.05, 3.63) is 29.7 Å². The molecule has 0 bridgehead atoms. The first-order valence-electron chi connectivity index (χ1n) is 8.32. The fourth-order valence-electron chi connectivity index (χ4n) is 3.61. The summed E-state index contributed by atoms with van der Waals surface area (Å²) >= 11 is 0. The highest BCUT2D eigenvalue weighted by molar-refractivity contribution is 5.92. The minimum atomic E-state index is -0.173. The van der Waals surface area contributed by atoms with Crippen molar-refractivity contribution in [2.75, 3.05) is 13.1 Å². The molecule has 2 aliphatic rings. The van der Waals surface area contributed by atoms with Crippen molar-refractivity contribution in [3.8, 4) is 0 Å². The molecule has 8 nitrogen and oxygen atoms in total. The fourth-order valence-corrected chi connectivity index (χ4v) is 3.61. The van der Waals surface area contributed by atoms with Crippen LogP contribution in [0.15, 0.2) is 16.8 Å². The number of ether oxygens (including phenoxy) is 1. The quantitative estimate of drug-likeness (QED) is 0.831. The molecule has 2 aromatic heterocycles. The largest absolute Gasteiger partial charge is 0.362 e. The smallest absolute Gasteiger partial charge is 0.274 e. The minimum Gasteiger partial charge on any atom is -0.362 e. The second-order valence-corrected chi connectivity index (χ2v) is 6.67. The summed E-state index contributed by atoms with van der Waals surface area (Å²) in [5.41, 5.74) is 0.327. The Labute approximate surface area is 139 Å². The van der Waals surface area contributed by atoms with Crippen LogP contribution in [0.1, 0.15) is 54.0 Å². The van der Waals surface area contributed by atoms with Crippen molar-refractivity contribution < 1.29 is 14.1 Å². The van der Waals surface area contributed by atoms with E-state index in [2.05, 4.69) is 15.2 Å². The molecule has 128 valence electrons. The summed E-state index contributed by atoms with van der Waals surface area (Å²) in [6.45, 7) is 3.18. The molecule has 2 aromatic rings. The van der Waals surface area contributed by atoms with Gasteiger partial charge in [-0.15, -0.1) is 0 Å². The van der Waals surface area contributed by atoms with E-state index in [1.807, 2.05) is 11.9 Å². The lowest BCUT2D eigenvalue weighted by Crippen LogP contribution is -2.46. The van der Waals surface area contributed by atoms with Crippen LogP contribution < -0.4 is 0 Å². The van der Waals surface area contributed by atoms with E-state index in [0.717, 1.165) is 25.7 Å². The Hall–Kier alpha value is -2.22. The van der Waals surface area contributed by atoms with Gasteiger partial charge >= 0.3 is 0 Å². The van der Waals surface area contributed by atoms with Gasteiger partial charge in [0, 0.05) is 26.3 Å². The molecular formula is C16H21N5O3. The number of likely N-dealkylation sites (tertiary alicyclic amines) is 1. The number of aryl methyl sites for hydroxylation is 2. The van der Waals surface area contributed by atoms with E-state index in [0.29, 0.717) is 30.5 Å². The van der Waals surface area contributed by atoms with Crippen molar-refractivity contribution in [2.45, 2.75) is 44.3 Å². The summed E-state index contributed by atoms with van der Waals surface area (Å²) in [4.78, 5) is 18.6. The van der Waals surface area contributed by atoms with E-state index in [9.17, 15) is 4.79 Å². The second kappa shape index (κ2) is 5.70. The summed E-state index contributed by atoms with van der Waals surface area (Å²) < 4.78 is 13.2. The predicted octanol–water partition coefficient (Wildman–Crippen LogP) is 1.64. The molecule has 2 aliphatic heterocycles.